The van der Waals surface area contributed by atoms with Gasteiger partial charge in [-0.2, -0.15) is 0 Å². The van der Waals surface area contributed by atoms with Crippen molar-refractivity contribution >= 4 is 11.8 Å². The van der Waals surface area contributed by atoms with Crippen molar-refractivity contribution in [2.45, 2.75) is 13.5 Å². The third-order valence-corrected chi connectivity index (χ3v) is 4.45. The number of ether oxygens (including phenoxy) is 1. The summed E-state index contributed by atoms with van der Waals surface area (Å²) in [4.78, 5) is 26.5. The molecule has 0 radical (unpaired) electrons. The van der Waals surface area contributed by atoms with Crippen LogP contribution in [0.2, 0.25) is 0 Å². The van der Waals surface area contributed by atoms with E-state index in [9.17, 15) is 9.59 Å². The van der Waals surface area contributed by atoms with Gasteiger partial charge in [-0.1, -0.05) is 48.5 Å². The van der Waals surface area contributed by atoms with E-state index in [-0.39, 0.29) is 18.4 Å². The molecule has 1 N–H and O–H groups in total. The van der Waals surface area contributed by atoms with Crippen molar-refractivity contribution in [2.24, 2.45) is 0 Å². The van der Waals surface area contributed by atoms with Gasteiger partial charge in [-0.3, -0.25) is 9.59 Å². The van der Waals surface area contributed by atoms with Gasteiger partial charge in [0.2, 0.25) is 5.91 Å². The van der Waals surface area contributed by atoms with Crippen LogP contribution < -0.4 is 10.1 Å². The van der Waals surface area contributed by atoms with Crippen LogP contribution in [0.15, 0.2) is 84.9 Å². The zero-order valence-electron chi connectivity index (χ0n) is 16.4. The van der Waals surface area contributed by atoms with E-state index in [0.717, 1.165) is 11.3 Å². The minimum atomic E-state index is -0.291. The van der Waals surface area contributed by atoms with Gasteiger partial charge in [0.1, 0.15) is 11.5 Å². The quantitative estimate of drug-likeness (QED) is 0.627. The second kappa shape index (κ2) is 10.1. The van der Waals surface area contributed by atoms with Gasteiger partial charge >= 0.3 is 0 Å². The molecule has 0 heterocycles. The Hall–Kier alpha value is -3.60. The summed E-state index contributed by atoms with van der Waals surface area (Å²) in [6, 6.07) is 26.1. The number of nitrogens with one attached hydrogen (secondary N) is 1. The lowest BCUT2D eigenvalue weighted by Gasteiger charge is -2.21. The van der Waals surface area contributed by atoms with Crippen molar-refractivity contribution in [3.63, 3.8) is 0 Å². The standard InChI is InChI=1S/C24H24N2O3/c1-2-26(18-19-9-5-3-6-10-19)23(27)17-25-24(28)20-13-15-22(16-14-20)29-21-11-7-4-8-12-21/h3-16H,2,17-18H2,1H3,(H,25,28). The first-order valence-electron chi connectivity index (χ1n) is 9.58. The molecule has 3 rings (SSSR count). The van der Waals surface area contributed by atoms with E-state index in [0.29, 0.717) is 24.4 Å². The Kier molecular flexibility index (Phi) is 7.00. The summed E-state index contributed by atoms with van der Waals surface area (Å²) in [6.07, 6.45) is 0. The molecule has 0 aliphatic carbocycles. The molecule has 3 aromatic carbocycles. The molecule has 0 aromatic heterocycles. The van der Waals surface area contributed by atoms with Crippen LogP contribution in [0.5, 0.6) is 11.5 Å². The molecular formula is C24H24N2O3. The topological polar surface area (TPSA) is 58.6 Å². The number of amides is 2. The smallest absolute Gasteiger partial charge is 0.251 e. The summed E-state index contributed by atoms with van der Waals surface area (Å²) in [7, 11) is 0. The first-order chi connectivity index (χ1) is 14.2. The first kappa shape index (κ1) is 20.1. The number of hydrogen-bond donors (Lipinski definition) is 1. The Morgan fingerprint density at radius 3 is 2.03 bits per heavy atom. The highest BCUT2D eigenvalue weighted by atomic mass is 16.5. The van der Waals surface area contributed by atoms with Crippen LogP contribution in [-0.2, 0) is 11.3 Å². The molecule has 0 aliphatic rings. The molecule has 148 valence electrons. The van der Waals surface area contributed by atoms with Crippen molar-refractivity contribution in [2.75, 3.05) is 13.1 Å². The number of para-hydroxylation sites is 1. The number of nitrogens with zero attached hydrogens (tertiary/aromatic N) is 1. The van der Waals surface area contributed by atoms with Gasteiger partial charge in [0.15, 0.2) is 0 Å². The van der Waals surface area contributed by atoms with E-state index in [1.807, 2.05) is 67.6 Å². The molecule has 0 saturated carbocycles. The van der Waals surface area contributed by atoms with E-state index in [2.05, 4.69) is 5.32 Å². The molecular weight excluding hydrogens is 364 g/mol. The number of hydrogen-bond acceptors (Lipinski definition) is 3. The zero-order chi connectivity index (χ0) is 20.5. The molecule has 0 atom stereocenters. The number of likely N-dealkylation sites (N-methyl/N-ethyl adjacent to an activating group) is 1. The van der Waals surface area contributed by atoms with Gasteiger partial charge in [-0.05, 0) is 48.9 Å². The van der Waals surface area contributed by atoms with Crippen LogP contribution >= 0.6 is 0 Å². The maximum Gasteiger partial charge on any atom is 0.251 e. The molecule has 2 amide bonds. The van der Waals surface area contributed by atoms with Crippen LogP contribution in [0, 0.1) is 0 Å². The van der Waals surface area contributed by atoms with Crippen LogP contribution in [-0.4, -0.2) is 29.8 Å². The fourth-order valence-electron chi connectivity index (χ4n) is 2.85. The number of carbonyl (C=O) groups is 2. The van der Waals surface area contributed by atoms with Gasteiger partial charge in [-0.25, -0.2) is 0 Å². The van der Waals surface area contributed by atoms with E-state index in [1.165, 1.54) is 0 Å². The van der Waals surface area contributed by atoms with Crippen molar-refractivity contribution in [3.8, 4) is 11.5 Å². The second-order valence-electron chi connectivity index (χ2n) is 6.52. The van der Waals surface area contributed by atoms with E-state index >= 15 is 0 Å². The van der Waals surface area contributed by atoms with Gasteiger partial charge in [0.25, 0.3) is 5.91 Å². The maximum atomic E-state index is 12.5. The van der Waals surface area contributed by atoms with Crippen LogP contribution in [0.25, 0.3) is 0 Å². The van der Waals surface area contributed by atoms with E-state index in [1.54, 1.807) is 29.2 Å². The minimum Gasteiger partial charge on any atom is -0.457 e. The largest absolute Gasteiger partial charge is 0.457 e. The number of benzene rings is 3. The molecule has 29 heavy (non-hydrogen) atoms. The summed E-state index contributed by atoms with van der Waals surface area (Å²) in [6.45, 7) is 2.99. The van der Waals surface area contributed by atoms with Crippen LogP contribution in [0.1, 0.15) is 22.8 Å². The normalized spacial score (nSPS) is 10.2. The predicted molar refractivity (Wildman–Crippen MR) is 113 cm³/mol. The molecule has 0 saturated heterocycles. The van der Waals surface area contributed by atoms with Crippen molar-refractivity contribution < 1.29 is 14.3 Å². The Morgan fingerprint density at radius 1 is 0.828 bits per heavy atom. The molecule has 0 spiro atoms. The molecule has 3 aromatic rings. The van der Waals surface area contributed by atoms with Gasteiger partial charge in [-0.15, -0.1) is 0 Å². The Labute approximate surface area is 170 Å². The molecule has 0 bridgehead atoms. The van der Waals surface area contributed by atoms with Crippen LogP contribution in [0.4, 0.5) is 0 Å². The van der Waals surface area contributed by atoms with E-state index in [4.69, 9.17) is 4.74 Å². The third-order valence-electron chi connectivity index (χ3n) is 4.45. The summed E-state index contributed by atoms with van der Waals surface area (Å²) in [5, 5.41) is 2.70. The predicted octanol–water partition coefficient (Wildman–Crippen LogP) is 4.26. The summed E-state index contributed by atoms with van der Waals surface area (Å²) in [5.41, 5.74) is 1.53. The SMILES string of the molecule is CCN(Cc1ccccc1)C(=O)CNC(=O)c1ccc(Oc2ccccc2)cc1. The summed E-state index contributed by atoms with van der Waals surface area (Å²) in [5.74, 6) is 0.964. The average molecular weight is 388 g/mol. The number of rotatable bonds is 8. The van der Waals surface area contributed by atoms with Crippen molar-refractivity contribution in [1.82, 2.24) is 10.2 Å². The molecule has 0 unspecified atom stereocenters. The lowest BCUT2D eigenvalue weighted by molar-refractivity contribution is -0.130. The molecule has 0 aliphatic heterocycles. The minimum absolute atomic E-state index is 0.0399. The highest BCUT2D eigenvalue weighted by molar-refractivity contribution is 5.96. The van der Waals surface area contributed by atoms with E-state index < -0.39 is 0 Å². The van der Waals surface area contributed by atoms with Crippen molar-refractivity contribution in [3.05, 3.63) is 96.1 Å². The lowest BCUT2D eigenvalue weighted by Crippen LogP contribution is -2.39. The first-order valence-corrected chi connectivity index (χ1v) is 9.58. The molecule has 5 nitrogen and oxygen atoms in total. The fourth-order valence-corrected chi connectivity index (χ4v) is 2.85. The van der Waals surface area contributed by atoms with Gasteiger partial charge < -0.3 is 15.0 Å². The Bertz CT molecular complexity index is 925. The Morgan fingerprint density at radius 2 is 1.41 bits per heavy atom. The zero-order valence-corrected chi connectivity index (χ0v) is 16.4. The highest BCUT2D eigenvalue weighted by Crippen LogP contribution is 2.21. The maximum absolute atomic E-state index is 12.5. The fraction of sp³-hybridized carbons (Fsp3) is 0.167. The molecule has 5 heteroatoms. The lowest BCUT2D eigenvalue weighted by atomic mass is 10.2. The molecule has 0 fully saturated rings. The second-order valence-corrected chi connectivity index (χ2v) is 6.52. The van der Waals surface area contributed by atoms with Gasteiger partial charge in [0.05, 0.1) is 6.54 Å². The number of carbonyl (C=O) groups excluding carboxylic acids is 2. The third kappa shape index (κ3) is 5.94. The van der Waals surface area contributed by atoms with Gasteiger partial charge in [0, 0.05) is 18.7 Å². The van der Waals surface area contributed by atoms with Crippen molar-refractivity contribution in [1.29, 1.82) is 0 Å². The van der Waals surface area contributed by atoms with Crippen LogP contribution in [0.3, 0.4) is 0 Å². The monoisotopic (exact) mass is 388 g/mol. The summed E-state index contributed by atoms with van der Waals surface area (Å²) < 4.78 is 5.72. The summed E-state index contributed by atoms with van der Waals surface area (Å²) >= 11 is 0. The highest BCUT2D eigenvalue weighted by Gasteiger charge is 2.14. The average Bonchev–Trinajstić information content (AvgIpc) is 2.77. The Balaban J connectivity index is 1.52.